The highest BCUT2D eigenvalue weighted by molar-refractivity contribution is 6.24. The van der Waals surface area contributed by atoms with Crippen LogP contribution in [0.3, 0.4) is 0 Å². The van der Waals surface area contributed by atoms with Crippen LogP contribution in [0, 0.1) is 0 Å². The molecule has 2 aliphatic rings. The summed E-state index contributed by atoms with van der Waals surface area (Å²) < 4.78 is 6.11. The second-order valence-electron chi connectivity index (χ2n) is 8.97. The number of likely N-dealkylation sites (N-methyl/N-ethyl adjacent to an activating group) is 2. The van der Waals surface area contributed by atoms with Crippen molar-refractivity contribution in [3.8, 4) is 5.75 Å². The fourth-order valence-electron chi connectivity index (χ4n) is 4.80. The van der Waals surface area contributed by atoms with Crippen LogP contribution in [0.2, 0.25) is 0 Å². The highest BCUT2D eigenvalue weighted by Crippen LogP contribution is 2.32. The van der Waals surface area contributed by atoms with Gasteiger partial charge in [-0.05, 0) is 35.6 Å². The summed E-state index contributed by atoms with van der Waals surface area (Å²) in [7, 11) is 1.75. The molecule has 9 heteroatoms. The number of carbonyl (C=O) groups is 2. The lowest BCUT2D eigenvalue weighted by atomic mass is 10.0. The minimum Gasteiger partial charge on any atom is -0.493 e. The van der Waals surface area contributed by atoms with Gasteiger partial charge in [0, 0.05) is 38.0 Å². The molecule has 0 fully saturated rings. The van der Waals surface area contributed by atoms with E-state index >= 15 is 0 Å². The molecule has 0 radical (unpaired) electrons. The number of aliphatic imine (C=N–C) groups is 1. The van der Waals surface area contributed by atoms with Gasteiger partial charge in [-0.25, -0.2) is 9.98 Å². The van der Waals surface area contributed by atoms with Gasteiger partial charge in [-0.2, -0.15) is 0 Å². The third-order valence-electron chi connectivity index (χ3n) is 6.61. The van der Waals surface area contributed by atoms with Gasteiger partial charge >= 0.3 is 5.97 Å². The zero-order chi connectivity index (χ0) is 26.1. The molecular formula is C28H27ClN4O4. The van der Waals surface area contributed by atoms with E-state index in [1.165, 1.54) is 0 Å². The number of carboxylic acid groups (broad SMARTS) is 1. The Hall–Kier alpha value is -3.91. The van der Waals surface area contributed by atoms with Gasteiger partial charge in [-0.3, -0.25) is 9.59 Å². The van der Waals surface area contributed by atoms with Gasteiger partial charge in [-0.1, -0.05) is 48.0 Å². The first-order valence-corrected chi connectivity index (χ1v) is 12.6. The zero-order valence-corrected chi connectivity index (χ0v) is 21.4. The molecule has 3 heterocycles. The number of carboxylic acids is 1. The monoisotopic (exact) mass is 518 g/mol. The topological polar surface area (TPSA) is 95.3 Å². The molecule has 2 aliphatic heterocycles. The number of hydrogen-bond donors (Lipinski definition) is 1. The van der Waals surface area contributed by atoms with E-state index in [1.54, 1.807) is 24.2 Å². The molecule has 0 spiro atoms. The average Bonchev–Trinajstić information content (AvgIpc) is 2.97. The number of nitrogens with zero attached hydrogens (tertiary/aromatic N) is 4. The number of dihydropyridines is 1. The lowest BCUT2D eigenvalue weighted by Crippen LogP contribution is -2.38. The van der Waals surface area contributed by atoms with Crippen molar-refractivity contribution in [2.24, 2.45) is 4.99 Å². The highest BCUT2D eigenvalue weighted by Gasteiger charge is 2.34. The van der Waals surface area contributed by atoms with Crippen LogP contribution >= 0.6 is 11.6 Å². The number of benzene rings is 2. The van der Waals surface area contributed by atoms with Crippen LogP contribution in [0.15, 0.2) is 65.4 Å². The molecule has 0 aliphatic carbocycles. The van der Waals surface area contributed by atoms with Gasteiger partial charge < -0.3 is 19.6 Å². The third-order valence-corrected chi connectivity index (χ3v) is 6.88. The number of carbonyl (C=O) groups excluding carboxylic acids is 1. The van der Waals surface area contributed by atoms with Gasteiger partial charge in [0.2, 0.25) is 0 Å². The van der Waals surface area contributed by atoms with Crippen molar-refractivity contribution in [2.75, 3.05) is 25.1 Å². The molecule has 3 aromatic rings. The van der Waals surface area contributed by atoms with Gasteiger partial charge in [0.25, 0.3) is 5.91 Å². The summed E-state index contributed by atoms with van der Waals surface area (Å²) in [4.78, 5) is 37.4. The normalized spacial score (nSPS) is 17.1. The number of pyridine rings is 1. The van der Waals surface area contributed by atoms with Gasteiger partial charge in [-0.15, -0.1) is 0 Å². The summed E-state index contributed by atoms with van der Waals surface area (Å²) in [6.07, 6.45) is 4.78. The Labute approximate surface area is 219 Å². The van der Waals surface area contributed by atoms with Crippen LogP contribution in [-0.4, -0.2) is 58.4 Å². The number of fused-ring (bicyclic) bond motifs is 3. The Bertz CT molecular complexity index is 1450. The number of halogens is 1. The number of aromatic nitrogens is 1. The quantitative estimate of drug-likeness (QED) is 0.361. The number of hydrogen-bond acceptors (Lipinski definition) is 6. The van der Waals surface area contributed by atoms with E-state index in [9.17, 15) is 14.7 Å². The van der Waals surface area contributed by atoms with E-state index in [0.717, 1.165) is 27.6 Å². The van der Waals surface area contributed by atoms with E-state index in [4.69, 9.17) is 16.3 Å². The van der Waals surface area contributed by atoms with Crippen molar-refractivity contribution in [1.82, 2.24) is 9.88 Å². The van der Waals surface area contributed by atoms with Crippen LogP contribution < -0.4 is 9.64 Å². The fraction of sp³-hybridized carbons (Fsp3) is 0.286. The van der Waals surface area contributed by atoms with E-state index in [0.29, 0.717) is 49.0 Å². The van der Waals surface area contributed by atoms with Crippen LogP contribution in [0.25, 0.3) is 10.8 Å². The minimum absolute atomic E-state index is 0.0479. The Morgan fingerprint density at radius 3 is 2.76 bits per heavy atom. The minimum atomic E-state index is -0.874. The summed E-state index contributed by atoms with van der Waals surface area (Å²) in [5, 5.41) is 10.9. The maximum atomic E-state index is 13.4. The SMILES string of the molecule is CCN1C2=NC(Cl)CC=C2N(C)C(=O)c2cc(CCOc3ccc(CC(=O)O)c4ccccc34)cnc21. The predicted octanol–water partition coefficient (Wildman–Crippen LogP) is 4.65. The van der Waals surface area contributed by atoms with Crippen LogP contribution in [-0.2, 0) is 17.6 Å². The first kappa shape index (κ1) is 24.8. The summed E-state index contributed by atoms with van der Waals surface area (Å²) in [6, 6.07) is 13.1. The number of alkyl halides is 1. The van der Waals surface area contributed by atoms with Crippen LogP contribution in [0.4, 0.5) is 5.82 Å². The molecule has 0 bridgehead atoms. The molecule has 1 N–H and O–H groups in total. The van der Waals surface area contributed by atoms with Crippen molar-refractivity contribution in [1.29, 1.82) is 0 Å². The fourth-order valence-corrected chi connectivity index (χ4v) is 4.98. The molecule has 1 unspecified atom stereocenters. The molecule has 5 rings (SSSR count). The summed E-state index contributed by atoms with van der Waals surface area (Å²) in [6.45, 7) is 2.96. The Morgan fingerprint density at radius 1 is 1.22 bits per heavy atom. The van der Waals surface area contributed by atoms with Crippen molar-refractivity contribution < 1.29 is 19.4 Å². The van der Waals surface area contributed by atoms with E-state index in [-0.39, 0.29) is 17.8 Å². The van der Waals surface area contributed by atoms with Crippen molar-refractivity contribution in [3.05, 3.63) is 77.1 Å². The number of amidine groups is 1. The van der Waals surface area contributed by atoms with Gasteiger partial charge in [0.1, 0.15) is 17.1 Å². The number of rotatable bonds is 7. The van der Waals surface area contributed by atoms with Crippen molar-refractivity contribution in [3.63, 3.8) is 0 Å². The van der Waals surface area contributed by atoms with Crippen LogP contribution in [0.1, 0.15) is 34.8 Å². The molecule has 8 nitrogen and oxygen atoms in total. The van der Waals surface area contributed by atoms with E-state index in [1.807, 2.05) is 54.3 Å². The number of ether oxygens (including phenoxy) is 1. The number of amides is 1. The molecule has 1 amide bonds. The third kappa shape index (κ3) is 4.76. The Kier molecular flexibility index (Phi) is 6.84. The Morgan fingerprint density at radius 2 is 2.00 bits per heavy atom. The second kappa shape index (κ2) is 10.2. The lowest BCUT2D eigenvalue weighted by Gasteiger charge is -2.28. The number of anilines is 1. The molecule has 0 saturated heterocycles. The first-order valence-electron chi connectivity index (χ1n) is 12.2. The lowest BCUT2D eigenvalue weighted by molar-refractivity contribution is -0.136. The number of aliphatic carboxylic acids is 1. The predicted molar refractivity (Wildman–Crippen MR) is 144 cm³/mol. The largest absolute Gasteiger partial charge is 0.493 e. The van der Waals surface area contributed by atoms with E-state index < -0.39 is 5.97 Å². The Balaban J connectivity index is 1.38. The summed E-state index contributed by atoms with van der Waals surface area (Å²) >= 11 is 6.30. The van der Waals surface area contributed by atoms with Gasteiger partial charge in [0.15, 0.2) is 5.84 Å². The van der Waals surface area contributed by atoms with E-state index in [2.05, 4.69) is 9.98 Å². The zero-order valence-electron chi connectivity index (χ0n) is 20.6. The van der Waals surface area contributed by atoms with Gasteiger partial charge in [0.05, 0.1) is 24.3 Å². The van der Waals surface area contributed by atoms with Crippen LogP contribution in [0.5, 0.6) is 5.75 Å². The molecule has 1 atom stereocenters. The van der Waals surface area contributed by atoms with Crippen molar-refractivity contribution in [2.45, 2.75) is 31.7 Å². The highest BCUT2D eigenvalue weighted by atomic mass is 35.5. The smallest absolute Gasteiger partial charge is 0.307 e. The summed E-state index contributed by atoms with van der Waals surface area (Å²) in [5.41, 5.74) is 2.50. The molecule has 1 aromatic heterocycles. The maximum Gasteiger partial charge on any atom is 0.307 e. The maximum absolute atomic E-state index is 13.4. The average molecular weight is 519 g/mol. The molecule has 190 valence electrons. The molecular weight excluding hydrogens is 492 g/mol. The van der Waals surface area contributed by atoms with Crippen molar-refractivity contribution >= 4 is 45.9 Å². The summed E-state index contributed by atoms with van der Waals surface area (Å²) in [5.74, 6) is 0.891. The molecule has 0 saturated carbocycles. The standard InChI is InChI=1S/C28H27ClN4O4/c1-3-33-26-21(28(36)32(2)22-9-11-24(29)31-27(22)33)14-17(16-30-26)12-13-37-23-10-8-18(15-25(34)35)19-6-4-5-7-20(19)23/h4-10,14,16,24H,3,11-13,15H2,1-2H3,(H,34,35). The molecule has 37 heavy (non-hydrogen) atoms. The second-order valence-corrected chi connectivity index (χ2v) is 9.48. The first-order chi connectivity index (χ1) is 17.9. The molecule has 2 aromatic carbocycles.